The minimum Gasteiger partial charge on any atom is -0.496 e. The van der Waals surface area contributed by atoms with Gasteiger partial charge in [0.2, 0.25) is 0 Å². The summed E-state index contributed by atoms with van der Waals surface area (Å²) in [6.45, 7) is 2.18. The van der Waals surface area contributed by atoms with Crippen LogP contribution in [0.4, 0.5) is 0 Å². The number of pyridine rings is 1. The molecule has 0 aliphatic heterocycles. The highest BCUT2D eigenvalue weighted by atomic mass is 35.5. The van der Waals surface area contributed by atoms with Crippen LogP contribution in [-0.4, -0.2) is 18.3 Å². The number of benzene rings is 2. The van der Waals surface area contributed by atoms with Gasteiger partial charge in [0, 0.05) is 10.9 Å². The Morgan fingerprint density at radius 2 is 1.88 bits per heavy atom. The highest BCUT2D eigenvalue weighted by Gasteiger charge is 2.10. The Morgan fingerprint density at radius 3 is 2.71 bits per heavy atom. The van der Waals surface area contributed by atoms with Crippen molar-refractivity contribution in [1.82, 2.24) is 4.98 Å². The maximum Gasteiger partial charge on any atom is 0.160 e. The van der Waals surface area contributed by atoms with Crippen LogP contribution >= 0.6 is 11.6 Å². The van der Waals surface area contributed by atoms with Gasteiger partial charge in [0.05, 0.1) is 23.9 Å². The van der Waals surface area contributed by atoms with E-state index in [1.807, 2.05) is 55.5 Å². The number of ether oxygens (including phenoxy) is 1. The van der Waals surface area contributed by atoms with Crippen LogP contribution in [0.5, 0.6) is 5.75 Å². The van der Waals surface area contributed by atoms with Crippen molar-refractivity contribution in [3.05, 3.63) is 70.4 Å². The van der Waals surface area contributed by atoms with E-state index < -0.39 is 0 Å². The molecule has 5 heteroatoms. The standard InChI is InChI=1S/C19H17ClN2O2/c1-13-15-8-4-5-9-16(15)22-17(19(13)20)12-24-21-11-14-7-3-6-10-18(14)23-2/h3-11H,12H2,1-2H3/b21-11-. The maximum absolute atomic E-state index is 6.40. The molecule has 1 heterocycles. The van der Waals surface area contributed by atoms with Crippen molar-refractivity contribution < 1.29 is 9.57 Å². The summed E-state index contributed by atoms with van der Waals surface area (Å²) in [6, 6.07) is 15.5. The Bertz CT molecular complexity index is 894. The molecule has 4 nitrogen and oxygen atoms in total. The molecule has 3 rings (SSSR count). The zero-order valence-corrected chi connectivity index (χ0v) is 14.2. The summed E-state index contributed by atoms with van der Waals surface area (Å²) in [4.78, 5) is 9.93. The van der Waals surface area contributed by atoms with Gasteiger partial charge < -0.3 is 9.57 Å². The number of methoxy groups -OCH3 is 1. The second kappa shape index (κ2) is 7.32. The monoisotopic (exact) mass is 340 g/mol. The third kappa shape index (κ3) is 3.34. The number of para-hydroxylation sites is 2. The van der Waals surface area contributed by atoms with Crippen LogP contribution in [0.2, 0.25) is 5.02 Å². The van der Waals surface area contributed by atoms with Gasteiger partial charge in [0.25, 0.3) is 0 Å². The van der Waals surface area contributed by atoms with Crippen molar-refractivity contribution in [3.63, 3.8) is 0 Å². The van der Waals surface area contributed by atoms with Crippen LogP contribution in [0, 0.1) is 6.92 Å². The molecular formula is C19H17ClN2O2. The lowest BCUT2D eigenvalue weighted by atomic mass is 10.1. The molecule has 0 aliphatic carbocycles. The molecule has 0 N–H and O–H groups in total. The van der Waals surface area contributed by atoms with Gasteiger partial charge in [-0.25, -0.2) is 4.98 Å². The van der Waals surface area contributed by atoms with E-state index in [4.69, 9.17) is 21.2 Å². The van der Waals surface area contributed by atoms with Crippen molar-refractivity contribution in [2.24, 2.45) is 5.16 Å². The van der Waals surface area contributed by atoms with Gasteiger partial charge in [-0.15, -0.1) is 0 Å². The van der Waals surface area contributed by atoms with Gasteiger partial charge in [0.15, 0.2) is 6.61 Å². The lowest BCUT2D eigenvalue weighted by Gasteiger charge is -2.09. The first-order valence-electron chi connectivity index (χ1n) is 7.52. The molecule has 0 saturated heterocycles. The lowest BCUT2D eigenvalue weighted by molar-refractivity contribution is 0.129. The van der Waals surface area contributed by atoms with Crippen LogP contribution in [0.15, 0.2) is 53.7 Å². The van der Waals surface area contributed by atoms with Crippen LogP contribution in [-0.2, 0) is 11.4 Å². The van der Waals surface area contributed by atoms with E-state index in [0.717, 1.165) is 27.8 Å². The summed E-state index contributed by atoms with van der Waals surface area (Å²) in [5, 5.41) is 5.65. The van der Waals surface area contributed by atoms with E-state index >= 15 is 0 Å². The van der Waals surface area contributed by atoms with Gasteiger partial charge in [-0.1, -0.05) is 47.1 Å². The van der Waals surface area contributed by atoms with Crippen molar-refractivity contribution in [3.8, 4) is 5.75 Å². The van der Waals surface area contributed by atoms with Crippen molar-refractivity contribution >= 4 is 28.7 Å². The quantitative estimate of drug-likeness (QED) is 0.497. The van der Waals surface area contributed by atoms with E-state index in [1.165, 1.54) is 0 Å². The van der Waals surface area contributed by atoms with Crippen molar-refractivity contribution in [1.29, 1.82) is 0 Å². The summed E-state index contributed by atoms with van der Waals surface area (Å²) in [5.41, 5.74) is 3.40. The number of fused-ring (bicyclic) bond motifs is 1. The fraction of sp³-hybridized carbons (Fsp3) is 0.158. The third-order valence-electron chi connectivity index (χ3n) is 3.75. The zero-order chi connectivity index (χ0) is 16.9. The highest BCUT2D eigenvalue weighted by molar-refractivity contribution is 6.32. The van der Waals surface area contributed by atoms with Crippen LogP contribution < -0.4 is 4.74 Å². The molecule has 24 heavy (non-hydrogen) atoms. The molecule has 0 bridgehead atoms. The minimum atomic E-state index is 0.205. The van der Waals surface area contributed by atoms with E-state index in [9.17, 15) is 0 Å². The van der Waals surface area contributed by atoms with E-state index in [1.54, 1.807) is 13.3 Å². The number of hydrogen-bond donors (Lipinski definition) is 0. The van der Waals surface area contributed by atoms with Gasteiger partial charge in [-0.2, -0.15) is 0 Å². The Balaban J connectivity index is 1.76. The van der Waals surface area contributed by atoms with Crippen molar-refractivity contribution in [2.45, 2.75) is 13.5 Å². The zero-order valence-electron chi connectivity index (χ0n) is 13.5. The SMILES string of the molecule is COc1ccccc1/C=N\OCc1nc2ccccc2c(C)c1Cl. The summed E-state index contributed by atoms with van der Waals surface area (Å²) < 4.78 is 5.26. The highest BCUT2D eigenvalue weighted by Crippen LogP contribution is 2.27. The Hall–Kier alpha value is -2.59. The largest absolute Gasteiger partial charge is 0.496 e. The number of halogens is 1. The molecule has 0 saturated carbocycles. The molecule has 2 aromatic carbocycles. The first kappa shape index (κ1) is 16.3. The molecule has 0 unspecified atom stereocenters. The summed E-state index contributed by atoms with van der Waals surface area (Å²) in [6.07, 6.45) is 1.61. The third-order valence-corrected chi connectivity index (χ3v) is 4.25. The Kier molecular flexibility index (Phi) is 4.96. The Labute approximate surface area is 145 Å². The van der Waals surface area contributed by atoms with Gasteiger partial charge >= 0.3 is 0 Å². The predicted molar refractivity (Wildman–Crippen MR) is 96.9 cm³/mol. The smallest absolute Gasteiger partial charge is 0.160 e. The number of nitrogens with zero attached hydrogens (tertiary/aromatic N) is 2. The van der Waals surface area contributed by atoms with E-state index in [2.05, 4.69) is 10.1 Å². The van der Waals surface area contributed by atoms with Gasteiger partial charge in [-0.05, 0) is 30.7 Å². The fourth-order valence-corrected chi connectivity index (χ4v) is 2.68. The number of hydrogen-bond acceptors (Lipinski definition) is 4. The van der Waals surface area contributed by atoms with E-state index in [0.29, 0.717) is 10.7 Å². The molecule has 0 fully saturated rings. The molecule has 3 aromatic rings. The van der Waals surface area contributed by atoms with Crippen LogP contribution in [0.25, 0.3) is 10.9 Å². The van der Waals surface area contributed by atoms with Crippen molar-refractivity contribution in [2.75, 3.05) is 7.11 Å². The molecule has 0 radical (unpaired) electrons. The topological polar surface area (TPSA) is 43.7 Å². The normalized spacial score (nSPS) is 11.1. The molecule has 0 spiro atoms. The molecular weight excluding hydrogens is 324 g/mol. The van der Waals surface area contributed by atoms with Crippen LogP contribution in [0.1, 0.15) is 16.8 Å². The molecule has 0 aliphatic rings. The number of aryl methyl sites for hydroxylation is 1. The number of aromatic nitrogens is 1. The fourth-order valence-electron chi connectivity index (χ4n) is 2.48. The van der Waals surface area contributed by atoms with Gasteiger partial charge in [-0.3, -0.25) is 0 Å². The number of oxime groups is 1. The molecule has 0 amide bonds. The first-order chi connectivity index (χ1) is 11.7. The average Bonchev–Trinajstić information content (AvgIpc) is 2.63. The molecule has 0 atom stereocenters. The second-order valence-electron chi connectivity index (χ2n) is 5.26. The summed E-state index contributed by atoms with van der Waals surface area (Å²) in [5.74, 6) is 0.738. The Morgan fingerprint density at radius 1 is 1.12 bits per heavy atom. The van der Waals surface area contributed by atoms with E-state index in [-0.39, 0.29) is 6.61 Å². The van der Waals surface area contributed by atoms with Crippen LogP contribution in [0.3, 0.4) is 0 Å². The first-order valence-corrected chi connectivity index (χ1v) is 7.90. The lowest BCUT2D eigenvalue weighted by Crippen LogP contribution is -1.97. The summed E-state index contributed by atoms with van der Waals surface area (Å²) >= 11 is 6.40. The second-order valence-corrected chi connectivity index (χ2v) is 5.64. The molecule has 1 aromatic heterocycles. The minimum absolute atomic E-state index is 0.205. The molecule has 122 valence electrons. The maximum atomic E-state index is 6.40. The summed E-state index contributed by atoms with van der Waals surface area (Å²) in [7, 11) is 1.62. The number of rotatable bonds is 5. The average molecular weight is 341 g/mol. The van der Waals surface area contributed by atoms with Gasteiger partial charge in [0.1, 0.15) is 11.4 Å². The predicted octanol–water partition coefficient (Wildman–Crippen LogP) is 4.76.